The number of carbonyl (C=O) groups is 2. The number of aliphatic carboxylic acids is 1. The third kappa shape index (κ3) is 3.13. The minimum atomic E-state index is -1.15. The van der Waals surface area contributed by atoms with Crippen molar-refractivity contribution in [1.82, 2.24) is 4.90 Å². The van der Waals surface area contributed by atoms with E-state index in [0.29, 0.717) is 16.2 Å². The Balaban J connectivity index is 1.96. The van der Waals surface area contributed by atoms with E-state index in [-0.39, 0.29) is 4.32 Å². The number of thiocarbonyl (C=S) groups is 1. The minimum Gasteiger partial charge on any atom is -0.479 e. The van der Waals surface area contributed by atoms with E-state index in [2.05, 4.69) is 0 Å². The Morgan fingerprint density at radius 1 is 1.29 bits per heavy atom. The molecule has 0 aliphatic carbocycles. The SMILES string of the molecule is Cc1ccc(/C=C2/SC(=S)N([C@@H](C(=O)O)c3ccccc3)C2=O)o1. The van der Waals surface area contributed by atoms with Gasteiger partial charge in [0.15, 0.2) is 6.04 Å². The molecule has 122 valence electrons. The summed E-state index contributed by atoms with van der Waals surface area (Å²) in [6.07, 6.45) is 1.58. The van der Waals surface area contributed by atoms with E-state index in [1.165, 1.54) is 0 Å². The topological polar surface area (TPSA) is 70.8 Å². The van der Waals surface area contributed by atoms with Gasteiger partial charge >= 0.3 is 5.97 Å². The largest absolute Gasteiger partial charge is 0.479 e. The number of furan rings is 1. The molecule has 2 heterocycles. The fraction of sp³-hybridized carbons (Fsp3) is 0.118. The Labute approximate surface area is 148 Å². The van der Waals surface area contributed by atoms with Crippen LogP contribution < -0.4 is 0 Å². The molecule has 1 amide bonds. The van der Waals surface area contributed by atoms with Gasteiger partial charge in [-0.05, 0) is 24.6 Å². The van der Waals surface area contributed by atoms with Crippen LogP contribution in [0.2, 0.25) is 0 Å². The second-order valence-electron chi connectivity index (χ2n) is 5.15. The Morgan fingerprint density at radius 2 is 2.00 bits per heavy atom. The maximum absolute atomic E-state index is 12.7. The molecule has 2 aromatic rings. The lowest BCUT2D eigenvalue weighted by Crippen LogP contribution is -2.37. The molecule has 0 saturated carbocycles. The van der Waals surface area contributed by atoms with Gasteiger partial charge in [0.1, 0.15) is 15.8 Å². The predicted octanol–water partition coefficient (Wildman–Crippen LogP) is 3.62. The second-order valence-corrected chi connectivity index (χ2v) is 6.83. The van der Waals surface area contributed by atoms with E-state index >= 15 is 0 Å². The van der Waals surface area contributed by atoms with Crippen LogP contribution in [0.5, 0.6) is 0 Å². The van der Waals surface area contributed by atoms with E-state index in [4.69, 9.17) is 16.6 Å². The number of benzene rings is 1. The van der Waals surface area contributed by atoms with Crippen LogP contribution in [-0.4, -0.2) is 26.2 Å². The molecule has 1 aromatic heterocycles. The number of thioether (sulfide) groups is 1. The maximum atomic E-state index is 12.7. The number of hydrogen-bond acceptors (Lipinski definition) is 5. The van der Waals surface area contributed by atoms with Crippen molar-refractivity contribution < 1.29 is 19.1 Å². The molecule has 1 aliphatic rings. The molecule has 1 aromatic carbocycles. The van der Waals surface area contributed by atoms with Crippen molar-refractivity contribution >= 4 is 46.3 Å². The summed E-state index contributed by atoms with van der Waals surface area (Å²) in [6.45, 7) is 1.80. The maximum Gasteiger partial charge on any atom is 0.331 e. The summed E-state index contributed by atoms with van der Waals surface area (Å²) in [4.78, 5) is 25.9. The molecule has 1 fully saturated rings. The van der Waals surface area contributed by atoms with Crippen molar-refractivity contribution in [2.45, 2.75) is 13.0 Å². The van der Waals surface area contributed by atoms with E-state index in [9.17, 15) is 14.7 Å². The Hall–Kier alpha value is -2.38. The number of carboxylic acid groups (broad SMARTS) is 1. The zero-order valence-electron chi connectivity index (χ0n) is 12.6. The summed E-state index contributed by atoms with van der Waals surface area (Å²) in [5.74, 6) is -0.313. The summed E-state index contributed by atoms with van der Waals surface area (Å²) in [5, 5.41) is 9.60. The molecule has 0 bridgehead atoms. The van der Waals surface area contributed by atoms with Crippen LogP contribution in [0.1, 0.15) is 23.1 Å². The first-order chi connectivity index (χ1) is 11.5. The fourth-order valence-corrected chi connectivity index (χ4v) is 3.69. The standard InChI is InChI=1S/C17H13NO4S2/c1-10-7-8-12(22-10)9-13-15(19)18(17(23)24-13)14(16(20)21)11-5-3-2-4-6-11/h2-9,14H,1H3,(H,20,21)/b13-9+/t14-/m1/s1. The van der Waals surface area contributed by atoms with Gasteiger partial charge in [-0.25, -0.2) is 4.79 Å². The van der Waals surface area contributed by atoms with Gasteiger partial charge in [0.2, 0.25) is 0 Å². The van der Waals surface area contributed by atoms with Crippen molar-refractivity contribution in [1.29, 1.82) is 0 Å². The lowest BCUT2D eigenvalue weighted by atomic mass is 10.1. The van der Waals surface area contributed by atoms with Crippen LogP contribution in [0.15, 0.2) is 51.8 Å². The number of aryl methyl sites for hydroxylation is 1. The molecule has 1 saturated heterocycles. The molecule has 24 heavy (non-hydrogen) atoms. The summed E-state index contributed by atoms with van der Waals surface area (Å²) < 4.78 is 5.65. The van der Waals surface area contributed by atoms with Gasteiger partial charge in [0.25, 0.3) is 5.91 Å². The van der Waals surface area contributed by atoms with E-state index < -0.39 is 17.9 Å². The highest BCUT2D eigenvalue weighted by Crippen LogP contribution is 2.38. The van der Waals surface area contributed by atoms with Gasteiger partial charge in [0, 0.05) is 6.08 Å². The van der Waals surface area contributed by atoms with Crippen molar-refractivity contribution in [3.63, 3.8) is 0 Å². The fourth-order valence-electron chi connectivity index (χ4n) is 2.40. The summed E-state index contributed by atoms with van der Waals surface area (Å²) in [7, 11) is 0. The summed E-state index contributed by atoms with van der Waals surface area (Å²) in [5.41, 5.74) is 0.497. The van der Waals surface area contributed by atoms with Gasteiger partial charge in [-0.3, -0.25) is 9.69 Å². The zero-order chi connectivity index (χ0) is 17.3. The molecule has 0 spiro atoms. The van der Waals surface area contributed by atoms with Crippen LogP contribution in [0.3, 0.4) is 0 Å². The van der Waals surface area contributed by atoms with Crippen molar-refractivity contribution in [2.24, 2.45) is 0 Å². The highest BCUT2D eigenvalue weighted by atomic mass is 32.2. The average Bonchev–Trinajstić information content (AvgIpc) is 3.07. The van der Waals surface area contributed by atoms with Gasteiger partial charge < -0.3 is 9.52 Å². The van der Waals surface area contributed by atoms with Gasteiger partial charge in [0.05, 0.1) is 4.91 Å². The second kappa shape index (κ2) is 6.62. The zero-order valence-corrected chi connectivity index (χ0v) is 14.3. The molecule has 0 radical (unpaired) electrons. The molecular weight excluding hydrogens is 346 g/mol. The normalized spacial score (nSPS) is 17.5. The molecule has 1 N–H and O–H groups in total. The van der Waals surface area contributed by atoms with Crippen LogP contribution >= 0.6 is 24.0 Å². The first-order valence-corrected chi connectivity index (χ1v) is 8.31. The van der Waals surface area contributed by atoms with Crippen LogP contribution in [0.25, 0.3) is 6.08 Å². The molecule has 1 atom stereocenters. The Kier molecular flexibility index (Phi) is 4.55. The number of amides is 1. The average molecular weight is 359 g/mol. The Bertz CT molecular complexity index is 841. The van der Waals surface area contributed by atoms with Gasteiger partial charge in [-0.15, -0.1) is 0 Å². The minimum absolute atomic E-state index is 0.214. The monoisotopic (exact) mass is 359 g/mol. The van der Waals surface area contributed by atoms with E-state index in [1.807, 2.05) is 0 Å². The third-order valence-electron chi connectivity index (χ3n) is 3.47. The van der Waals surface area contributed by atoms with Crippen LogP contribution in [-0.2, 0) is 9.59 Å². The van der Waals surface area contributed by atoms with Crippen LogP contribution in [0, 0.1) is 6.92 Å². The molecular formula is C17H13NO4S2. The lowest BCUT2D eigenvalue weighted by molar-refractivity contribution is -0.145. The first-order valence-electron chi connectivity index (χ1n) is 7.08. The van der Waals surface area contributed by atoms with Crippen LogP contribution in [0.4, 0.5) is 0 Å². The van der Waals surface area contributed by atoms with Crippen molar-refractivity contribution in [3.8, 4) is 0 Å². The lowest BCUT2D eigenvalue weighted by Gasteiger charge is -2.23. The first kappa shape index (κ1) is 16.5. The molecule has 0 unspecified atom stereocenters. The number of carbonyl (C=O) groups excluding carboxylic acids is 1. The number of carboxylic acids is 1. The van der Waals surface area contributed by atoms with Crippen molar-refractivity contribution in [3.05, 3.63) is 64.5 Å². The summed E-state index contributed by atoms with van der Waals surface area (Å²) >= 11 is 6.32. The van der Waals surface area contributed by atoms with Gasteiger partial charge in [-0.2, -0.15) is 0 Å². The summed E-state index contributed by atoms with van der Waals surface area (Å²) in [6, 6.07) is 10.9. The predicted molar refractivity (Wildman–Crippen MR) is 95.3 cm³/mol. The third-order valence-corrected chi connectivity index (χ3v) is 4.80. The van der Waals surface area contributed by atoms with E-state index in [0.717, 1.165) is 22.4 Å². The van der Waals surface area contributed by atoms with E-state index in [1.54, 1.807) is 55.5 Å². The van der Waals surface area contributed by atoms with Gasteiger partial charge in [-0.1, -0.05) is 54.3 Å². The molecule has 3 rings (SSSR count). The smallest absolute Gasteiger partial charge is 0.331 e. The molecule has 5 nitrogen and oxygen atoms in total. The number of nitrogens with zero attached hydrogens (tertiary/aromatic N) is 1. The highest BCUT2D eigenvalue weighted by molar-refractivity contribution is 8.26. The van der Waals surface area contributed by atoms with Crippen molar-refractivity contribution in [2.75, 3.05) is 0 Å². The number of hydrogen-bond donors (Lipinski definition) is 1. The molecule has 1 aliphatic heterocycles. The highest BCUT2D eigenvalue weighted by Gasteiger charge is 2.41. The quantitative estimate of drug-likeness (QED) is 0.664. The number of rotatable bonds is 4. The Morgan fingerprint density at radius 3 is 2.58 bits per heavy atom. The molecule has 7 heteroatoms.